The maximum absolute atomic E-state index is 3.74. The molecule has 4 aromatic rings. The Bertz CT molecular complexity index is 1330. The fourth-order valence-electron chi connectivity index (χ4n) is 4.84. The molecule has 1 radical (unpaired) electrons. The van der Waals surface area contributed by atoms with Crippen LogP contribution in [0, 0.1) is 6.08 Å². The minimum Gasteiger partial charge on any atom is -0.0622 e. The van der Waals surface area contributed by atoms with Gasteiger partial charge in [0.25, 0.3) is 0 Å². The highest BCUT2D eigenvalue weighted by molar-refractivity contribution is 5.83. The van der Waals surface area contributed by atoms with E-state index >= 15 is 0 Å². The summed E-state index contributed by atoms with van der Waals surface area (Å²) in [7, 11) is 0. The van der Waals surface area contributed by atoms with E-state index in [9.17, 15) is 0 Å². The average molecular weight is 367 g/mol. The number of fused-ring (bicyclic) bond motifs is 4. The number of hydrogen-bond donors (Lipinski definition) is 0. The zero-order valence-corrected chi connectivity index (χ0v) is 16.0. The summed E-state index contributed by atoms with van der Waals surface area (Å²) in [4.78, 5) is 0. The van der Waals surface area contributed by atoms with Crippen molar-refractivity contribution >= 4 is 12.2 Å². The Morgan fingerprint density at radius 2 is 1.24 bits per heavy atom. The maximum atomic E-state index is 3.74. The van der Waals surface area contributed by atoms with Crippen LogP contribution >= 0.6 is 0 Å². The lowest BCUT2D eigenvalue weighted by Crippen LogP contribution is -2.36. The molecule has 0 aromatic heterocycles. The molecule has 0 aliphatic heterocycles. The molecular weight excluding hydrogens is 348 g/mol. The SMILES string of the molecule is [C]1=CC=c2cc3c(cc2C1(c1ccccc1)c1ccccc1)=Cc1ccccc1-3. The quantitative estimate of drug-likeness (QED) is 0.413. The van der Waals surface area contributed by atoms with Crippen LogP contribution in [0.3, 0.4) is 0 Å². The van der Waals surface area contributed by atoms with Crippen molar-refractivity contribution in [1.29, 1.82) is 0 Å². The molecule has 2 aliphatic carbocycles. The smallest absolute Gasteiger partial charge is 0.0622 e. The van der Waals surface area contributed by atoms with E-state index in [0.29, 0.717) is 0 Å². The van der Waals surface area contributed by atoms with Crippen LogP contribution in [-0.4, -0.2) is 0 Å². The van der Waals surface area contributed by atoms with Gasteiger partial charge in [-0.1, -0.05) is 97.1 Å². The predicted molar refractivity (Wildman–Crippen MR) is 120 cm³/mol. The van der Waals surface area contributed by atoms with Gasteiger partial charge in [0.2, 0.25) is 0 Å². The standard InChI is InChI=1S/C29H19/c1-3-12-24(13-4-1)29(25-14-5-2-6-15-25)17-9-11-22-19-27-23(20-28(22)29)18-21-10-7-8-16-26(21)27/h1-16,18-20H. The highest BCUT2D eigenvalue weighted by Crippen LogP contribution is 2.40. The minimum atomic E-state index is -0.412. The van der Waals surface area contributed by atoms with Crippen molar-refractivity contribution in [2.24, 2.45) is 0 Å². The molecule has 0 nitrogen and oxygen atoms in total. The summed E-state index contributed by atoms with van der Waals surface area (Å²) in [6, 6.07) is 34.9. The third-order valence-electron chi connectivity index (χ3n) is 6.16. The van der Waals surface area contributed by atoms with E-state index in [-0.39, 0.29) is 0 Å². The van der Waals surface area contributed by atoms with Crippen molar-refractivity contribution in [2.75, 3.05) is 0 Å². The van der Waals surface area contributed by atoms with Gasteiger partial charge in [-0.25, -0.2) is 0 Å². The summed E-state index contributed by atoms with van der Waals surface area (Å²) in [6.45, 7) is 0. The van der Waals surface area contributed by atoms with E-state index in [1.54, 1.807) is 0 Å². The van der Waals surface area contributed by atoms with E-state index in [1.165, 1.54) is 43.8 Å². The second kappa shape index (κ2) is 6.18. The molecule has 0 amide bonds. The Hall–Kier alpha value is -3.64. The van der Waals surface area contributed by atoms with Gasteiger partial charge >= 0.3 is 0 Å². The Morgan fingerprint density at radius 3 is 1.97 bits per heavy atom. The van der Waals surface area contributed by atoms with Crippen molar-refractivity contribution in [3.05, 3.63) is 142 Å². The third kappa shape index (κ3) is 2.33. The molecule has 135 valence electrons. The summed E-state index contributed by atoms with van der Waals surface area (Å²) in [5.41, 5.74) is 7.30. The summed E-state index contributed by atoms with van der Waals surface area (Å²) in [5, 5.41) is 2.55. The van der Waals surface area contributed by atoms with E-state index in [0.717, 1.165) is 0 Å². The largest absolute Gasteiger partial charge is 0.0710 e. The predicted octanol–water partition coefficient (Wildman–Crippen LogP) is 4.98. The van der Waals surface area contributed by atoms with Gasteiger partial charge in [0, 0.05) is 0 Å². The molecule has 0 heteroatoms. The average Bonchev–Trinajstić information content (AvgIpc) is 3.16. The second-order valence-corrected chi connectivity index (χ2v) is 7.72. The van der Waals surface area contributed by atoms with Crippen LogP contribution in [0.2, 0.25) is 0 Å². The van der Waals surface area contributed by atoms with Gasteiger partial charge in [0.1, 0.15) is 0 Å². The third-order valence-corrected chi connectivity index (χ3v) is 6.16. The lowest BCUT2D eigenvalue weighted by Gasteiger charge is -2.34. The summed E-state index contributed by atoms with van der Waals surface area (Å²) < 4.78 is 0. The van der Waals surface area contributed by atoms with Crippen molar-refractivity contribution in [2.45, 2.75) is 5.41 Å². The molecule has 0 fully saturated rings. The molecule has 0 spiro atoms. The number of allylic oxidation sites excluding steroid dienone is 2. The minimum absolute atomic E-state index is 0.412. The summed E-state index contributed by atoms with van der Waals surface area (Å²) in [6.07, 6.45) is 10.3. The first-order chi connectivity index (χ1) is 14.4. The van der Waals surface area contributed by atoms with Gasteiger partial charge < -0.3 is 0 Å². The van der Waals surface area contributed by atoms with Crippen LogP contribution in [0.5, 0.6) is 0 Å². The first kappa shape index (κ1) is 16.3. The van der Waals surface area contributed by atoms with Crippen molar-refractivity contribution in [3.63, 3.8) is 0 Å². The molecule has 0 atom stereocenters. The molecule has 0 saturated heterocycles. The van der Waals surface area contributed by atoms with Crippen LogP contribution < -0.4 is 10.4 Å². The Labute approximate surface area is 170 Å². The topological polar surface area (TPSA) is 0 Å². The molecule has 2 aliphatic rings. The molecule has 4 aromatic carbocycles. The van der Waals surface area contributed by atoms with E-state index < -0.39 is 5.41 Å². The normalized spacial score (nSPS) is 14.9. The van der Waals surface area contributed by atoms with E-state index in [1.807, 2.05) is 0 Å². The van der Waals surface area contributed by atoms with Gasteiger partial charge in [0.05, 0.1) is 5.41 Å². The Morgan fingerprint density at radius 1 is 0.586 bits per heavy atom. The summed E-state index contributed by atoms with van der Waals surface area (Å²) >= 11 is 0. The highest BCUT2D eigenvalue weighted by atomic mass is 14.4. The number of hydrogen-bond acceptors (Lipinski definition) is 0. The van der Waals surface area contributed by atoms with Crippen LogP contribution in [0.15, 0.2) is 103 Å². The summed E-state index contributed by atoms with van der Waals surface area (Å²) in [5.74, 6) is 0. The van der Waals surface area contributed by atoms with E-state index in [2.05, 4.69) is 121 Å². The monoisotopic (exact) mass is 367 g/mol. The van der Waals surface area contributed by atoms with Gasteiger partial charge in [-0.3, -0.25) is 0 Å². The lowest BCUT2D eigenvalue weighted by molar-refractivity contribution is 0.745. The highest BCUT2D eigenvalue weighted by Gasteiger charge is 2.36. The number of rotatable bonds is 2. The Kier molecular flexibility index (Phi) is 3.48. The fraction of sp³-hybridized carbons (Fsp3) is 0.0345. The molecule has 29 heavy (non-hydrogen) atoms. The van der Waals surface area contributed by atoms with Gasteiger partial charge in [0.15, 0.2) is 0 Å². The molecular formula is C29H19. The van der Waals surface area contributed by atoms with Crippen molar-refractivity contribution in [3.8, 4) is 11.1 Å². The Balaban J connectivity index is 1.70. The first-order valence-electron chi connectivity index (χ1n) is 10.0. The molecule has 0 bridgehead atoms. The molecule has 0 N–H and O–H groups in total. The van der Waals surface area contributed by atoms with Gasteiger partial charge in [-0.15, -0.1) is 0 Å². The zero-order valence-electron chi connectivity index (χ0n) is 16.0. The zero-order chi connectivity index (χ0) is 19.3. The second-order valence-electron chi connectivity index (χ2n) is 7.72. The fourth-order valence-corrected chi connectivity index (χ4v) is 4.84. The molecule has 0 unspecified atom stereocenters. The van der Waals surface area contributed by atoms with Crippen molar-refractivity contribution in [1.82, 2.24) is 0 Å². The first-order valence-corrected chi connectivity index (χ1v) is 10.0. The molecule has 6 rings (SSSR count). The van der Waals surface area contributed by atoms with Crippen molar-refractivity contribution < 1.29 is 0 Å². The number of benzene rings is 4. The van der Waals surface area contributed by atoms with Crippen LogP contribution in [0.4, 0.5) is 0 Å². The van der Waals surface area contributed by atoms with Gasteiger partial charge in [-0.05, 0) is 68.1 Å². The van der Waals surface area contributed by atoms with Crippen LogP contribution in [0.25, 0.3) is 23.3 Å². The molecule has 0 saturated carbocycles. The van der Waals surface area contributed by atoms with Gasteiger partial charge in [-0.2, -0.15) is 0 Å². The lowest BCUT2D eigenvalue weighted by atomic mass is 9.67. The van der Waals surface area contributed by atoms with Crippen LogP contribution in [0.1, 0.15) is 22.3 Å². The van der Waals surface area contributed by atoms with Crippen LogP contribution in [-0.2, 0) is 5.41 Å². The molecule has 0 heterocycles. The maximum Gasteiger partial charge on any atom is 0.0710 e. The van der Waals surface area contributed by atoms with E-state index in [4.69, 9.17) is 0 Å².